The van der Waals surface area contributed by atoms with E-state index in [1.165, 1.54) is 0 Å². The monoisotopic (exact) mass is 371 g/mol. The largest absolute Gasteiger partial charge is 0.484 e. The quantitative estimate of drug-likeness (QED) is 0.828. The summed E-state index contributed by atoms with van der Waals surface area (Å²) in [5.41, 5.74) is 1.63. The third kappa shape index (κ3) is 5.07. The predicted octanol–water partition coefficient (Wildman–Crippen LogP) is 1.71. The maximum Gasteiger partial charge on any atom is 0.262 e. The van der Waals surface area contributed by atoms with Gasteiger partial charge in [0.1, 0.15) is 11.4 Å². The number of morpholine rings is 1. The van der Waals surface area contributed by atoms with Crippen LogP contribution in [0.3, 0.4) is 0 Å². The summed E-state index contributed by atoms with van der Waals surface area (Å²) < 4.78 is 10.9. The maximum atomic E-state index is 12.3. The van der Waals surface area contributed by atoms with Crippen LogP contribution in [0, 0.1) is 6.92 Å². The van der Waals surface area contributed by atoms with Gasteiger partial charge in [0, 0.05) is 27.2 Å². The van der Waals surface area contributed by atoms with Gasteiger partial charge in [-0.3, -0.25) is 4.79 Å². The highest BCUT2D eigenvalue weighted by atomic mass is 16.5. The van der Waals surface area contributed by atoms with Crippen molar-refractivity contribution in [3.63, 3.8) is 0 Å². The molecule has 1 saturated heterocycles. The molecule has 1 aromatic heterocycles. The minimum absolute atomic E-state index is 0.0818. The number of amides is 1. The fraction of sp³-hybridized carbons (Fsp3) is 0.421. The Morgan fingerprint density at radius 2 is 2.11 bits per heavy atom. The van der Waals surface area contributed by atoms with Gasteiger partial charge in [0.05, 0.1) is 19.4 Å². The van der Waals surface area contributed by atoms with Gasteiger partial charge in [-0.25, -0.2) is 4.98 Å². The van der Waals surface area contributed by atoms with Gasteiger partial charge >= 0.3 is 0 Å². The van der Waals surface area contributed by atoms with Crippen LogP contribution < -0.4 is 19.9 Å². The van der Waals surface area contributed by atoms with Gasteiger partial charge in [0.15, 0.2) is 12.4 Å². The summed E-state index contributed by atoms with van der Waals surface area (Å²) in [4.78, 5) is 25.2. The fourth-order valence-corrected chi connectivity index (χ4v) is 2.75. The number of nitrogens with one attached hydrogen (secondary N) is 1. The van der Waals surface area contributed by atoms with E-state index < -0.39 is 0 Å². The number of hydrogen-bond acceptors (Lipinski definition) is 7. The fourth-order valence-electron chi connectivity index (χ4n) is 2.75. The Morgan fingerprint density at radius 1 is 1.33 bits per heavy atom. The summed E-state index contributed by atoms with van der Waals surface area (Å²) in [5, 5.41) is 2.83. The Hall–Kier alpha value is -2.87. The van der Waals surface area contributed by atoms with Crippen molar-refractivity contribution in [3.05, 3.63) is 36.0 Å². The number of aryl methyl sites for hydroxylation is 1. The standard InChI is InChI=1S/C19H25N5O3/c1-14-5-4-6-15(11-14)27-13-17(25)21-16-12-20-19(22-18(16)23(2)3)24-7-9-26-10-8-24/h4-6,11-12H,7-10,13H2,1-3H3,(H,21,25). The Labute approximate surface area is 159 Å². The number of nitrogens with zero attached hydrogens (tertiary/aromatic N) is 4. The summed E-state index contributed by atoms with van der Waals surface area (Å²) in [6, 6.07) is 7.58. The molecule has 0 bridgehead atoms. The predicted molar refractivity (Wildman–Crippen MR) is 105 cm³/mol. The van der Waals surface area contributed by atoms with Crippen molar-refractivity contribution < 1.29 is 14.3 Å². The lowest BCUT2D eigenvalue weighted by molar-refractivity contribution is -0.118. The van der Waals surface area contributed by atoms with Gasteiger partial charge in [0.25, 0.3) is 5.91 Å². The van der Waals surface area contributed by atoms with Crippen molar-refractivity contribution in [3.8, 4) is 5.75 Å². The molecule has 1 amide bonds. The molecular formula is C19H25N5O3. The van der Waals surface area contributed by atoms with E-state index in [4.69, 9.17) is 9.47 Å². The highest BCUT2D eigenvalue weighted by Crippen LogP contribution is 2.24. The molecular weight excluding hydrogens is 346 g/mol. The Morgan fingerprint density at radius 3 is 2.81 bits per heavy atom. The molecule has 1 fully saturated rings. The van der Waals surface area contributed by atoms with E-state index in [-0.39, 0.29) is 12.5 Å². The second-order valence-corrected chi connectivity index (χ2v) is 6.55. The Balaban J connectivity index is 1.66. The third-order valence-electron chi connectivity index (χ3n) is 4.11. The topological polar surface area (TPSA) is 79.8 Å². The zero-order valence-corrected chi connectivity index (χ0v) is 15.9. The number of hydrogen-bond donors (Lipinski definition) is 1. The molecule has 1 aliphatic heterocycles. The van der Waals surface area contributed by atoms with Crippen LogP contribution in [-0.2, 0) is 9.53 Å². The lowest BCUT2D eigenvalue weighted by atomic mass is 10.2. The van der Waals surface area contributed by atoms with Gasteiger partial charge in [0.2, 0.25) is 5.95 Å². The molecule has 27 heavy (non-hydrogen) atoms. The van der Waals surface area contributed by atoms with E-state index in [0.29, 0.717) is 36.4 Å². The van der Waals surface area contributed by atoms with Crippen molar-refractivity contribution >= 4 is 23.4 Å². The molecule has 2 heterocycles. The minimum Gasteiger partial charge on any atom is -0.484 e. The van der Waals surface area contributed by atoms with Crippen LogP contribution in [0.5, 0.6) is 5.75 Å². The second kappa shape index (κ2) is 8.68. The number of anilines is 3. The lowest BCUT2D eigenvalue weighted by Crippen LogP contribution is -2.37. The van der Waals surface area contributed by atoms with Gasteiger partial charge < -0.3 is 24.6 Å². The number of benzene rings is 1. The Kier molecular flexibility index (Phi) is 6.08. The Bertz CT molecular complexity index is 791. The first kappa shape index (κ1) is 18.9. The SMILES string of the molecule is Cc1cccc(OCC(=O)Nc2cnc(N3CCOCC3)nc2N(C)C)c1. The minimum atomic E-state index is -0.262. The van der Waals surface area contributed by atoms with Gasteiger partial charge in [-0.2, -0.15) is 4.98 Å². The zero-order chi connectivity index (χ0) is 19.2. The second-order valence-electron chi connectivity index (χ2n) is 6.55. The molecule has 0 atom stereocenters. The van der Waals surface area contributed by atoms with Crippen molar-refractivity contribution in [2.24, 2.45) is 0 Å². The molecule has 1 N–H and O–H groups in total. The maximum absolute atomic E-state index is 12.3. The zero-order valence-electron chi connectivity index (χ0n) is 15.9. The van der Waals surface area contributed by atoms with E-state index in [1.54, 1.807) is 6.20 Å². The van der Waals surface area contributed by atoms with Crippen LogP contribution in [0.25, 0.3) is 0 Å². The van der Waals surface area contributed by atoms with E-state index >= 15 is 0 Å². The van der Waals surface area contributed by atoms with Crippen LogP contribution in [0.1, 0.15) is 5.56 Å². The lowest BCUT2D eigenvalue weighted by Gasteiger charge is -2.28. The summed E-state index contributed by atoms with van der Waals surface area (Å²) in [7, 11) is 3.76. The summed E-state index contributed by atoms with van der Waals surface area (Å²) >= 11 is 0. The molecule has 1 aromatic carbocycles. The highest BCUT2D eigenvalue weighted by molar-refractivity contribution is 5.94. The first-order chi connectivity index (χ1) is 13.0. The molecule has 8 nitrogen and oxygen atoms in total. The number of carbonyl (C=O) groups is 1. The first-order valence-electron chi connectivity index (χ1n) is 8.89. The molecule has 0 radical (unpaired) electrons. The van der Waals surface area contributed by atoms with E-state index in [0.717, 1.165) is 18.7 Å². The highest BCUT2D eigenvalue weighted by Gasteiger charge is 2.18. The number of aromatic nitrogens is 2. The van der Waals surface area contributed by atoms with Crippen molar-refractivity contribution in [1.29, 1.82) is 0 Å². The molecule has 0 aliphatic carbocycles. The molecule has 8 heteroatoms. The van der Waals surface area contributed by atoms with Crippen LogP contribution in [0.4, 0.5) is 17.5 Å². The van der Waals surface area contributed by atoms with Crippen molar-refractivity contribution in [2.45, 2.75) is 6.92 Å². The van der Waals surface area contributed by atoms with Gasteiger partial charge in [-0.15, -0.1) is 0 Å². The van der Waals surface area contributed by atoms with Crippen molar-refractivity contribution in [1.82, 2.24) is 9.97 Å². The van der Waals surface area contributed by atoms with Crippen LogP contribution >= 0.6 is 0 Å². The van der Waals surface area contributed by atoms with Crippen LogP contribution in [0.2, 0.25) is 0 Å². The molecule has 3 rings (SSSR count). The van der Waals surface area contributed by atoms with Gasteiger partial charge in [-0.05, 0) is 24.6 Å². The number of carbonyl (C=O) groups excluding carboxylic acids is 1. The normalized spacial score (nSPS) is 14.0. The average Bonchev–Trinajstić information content (AvgIpc) is 2.67. The van der Waals surface area contributed by atoms with Crippen molar-refractivity contribution in [2.75, 3.05) is 62.1 Å². The number of ether oxygens (including phenoxy) is 2. The summed E-state index contributed by atoms with van der Waals surface area (Å²) in [5.74, 6) is 1.69. The van der Waals surface area contributed by atoms with Crippen LogP contribution in [-0.4, -0.2) is 62.9 Å². The molecule has 1 aliphatic rings. The number of rotatable bonds is 6. The average molecular weight is 371 g/mol. The smallest absolute Gasteiger partial charge is 0.262 e. The molecule has 2 aromatic rings. The third-order valence-corrected chi connectivity index (χ3v) is 4.11. The molecule has 0 saturated carbocycles. The van der Waals surface area contributed by atoms with E-state index in [2.05, 4.69) is 20.2 Å². The summed E-state index contributed by atoms with van der Waals surface area (Å²) in [6.45, 7) is 4.72. The van der Waals surface area contributed by atoms with E-state index in [1.807, 2.05) is 50.2 Å². The molecule has 0 unspecified atom stereocenters. The molecule has 144 valence electrons. The first-order valence-corrected chi connectivity index (χ1v) is 8.89. The van der Waals surface area contributed by atoms with E-state index in [9.17, 15) is 4.79 Å². The molecule has 0 spiro atoms. The van der Waals surface area contributed by atoms with Crippen LogP contribution in [0.15, 0.2) is 30.5 Å². The summed E-state index contributed by atoms with van der Waals surface area (Å²) in [6.07, 6.45) is 1.64. The van der Waals surface area contributed by atoms with Gasteiger partial charge in [-0.1, -0.05) is 12.1 Å².